The smallest absolute Gasteiger partial charge is 0.0207 e. The molecule has 0 aromatic heterocycles. The zero-order valence-electron chi connectivity index (χ0n) is 8.34. The standard InChI is InChI=1S/C11H16BrN/c1-7-4-5-10(6-11(7)12)8(2)9(3)13/h4-6,8-9H,13H2,1-3H3. The van der Waals surface area contributed by atoms with Gasteiger partial charge in [0.25, 0.3) is 0 Å². The number of benzene rings is 1. The van der Waals surface area contributed by atoms with E-state index in [9.17, 15) is 0 Å². The fourth-order valence-corrected chi connectivity index (χ4v) is 1.59. The molecule has 0 aliphatic carbocycles. The summed E-state index contributed by atoms with van der Waals surface area (Å²) in [6.07, 6.45) is 0. The van der Waals surface area contributed by atoms with Crippen LogP contribution in [0.15, 0.2) is 22.7 Å². The van der Waals surface area contributed by atoms with Crippen molar-refractivity contribution in [1.29, 1.82) is 0 Å². The van der Waals surface area contributed by atoms with Crippen molar-refractivity contribution in [3.05, 3.63) is 33.8 Å². The van der Waals surface area contributed by atoms with E-state index in [0.717, 1.165) is 4.47 Å². The lowest BCUT2D eigenvalue weighted by Gasteiger charge is -2.16. The first-order valence-electron chi connectivity index (χ1n) is 4.54. The molecule has 1 aromatic carbocycles. The highest BCUT2D eigenvalue weighted by molar-refractivity contribution is 9.10. The highest BCUT2D eigenvalue weighted by Crippen LogP contribution is 2.24. The van der Waals surface area contributed by atoms with Gasteiger partial charge in [0.15, 0.2) is 0 Å². The van der Waals surface area contributed by atoms with Crippen LogP contribution in [0.5, 0.6) is 0 Å². The van der Waals surface area contributed by atoms with Gasteiger partial charge in [-0.1, -0.05) is 35.0 Å². The number of hydrogen-bond donors (Lipinski definition) is 1. The van der Waals surface area contributed by atoms with Gasteiger partial charge in [-0.25, -0.2) is 0 Å². The number of rotatable bonds is 2. The van der Waals surface area contributed by atoms with Crippen LogP contribution in [0.3, 0.4) is 0 Å². The zero-order chi connectivity index (χ0) is 10.0. The van der Waals surface area contributed by atoms with Gasteiger partial charge < -0.3 is 5.73 Å². The van der Waals surface area contributed by atoms with Crippen molar-refractivity contribution < 1.29 is 0 Å². The summed E-state index contributed by atoms with van der Waals surface area (Å²) in [6, 6.07) is 6.63. The Hall–Kier alpha value is -0.340. The molecule has 0 aliphatic heterocycles. The summed E-state index contributed by atoms with van der Waals surface area (Å²) in [5.41, 5.74) is 8.40. The van der Waals surface area contributed by atoms with Gasteiger partial charge in [-0.05, 0) is 37.0 Å². The second-order valence-electron chi connectivity index (χ2n) is 3.66. The van der Waals surface area contributed by atoms with Gasteiger partial charge in [-0.15, -0.1) is 0 Å². The Morgan fingerprint density at radius 1 is 1.31 bits per heavy atom. The van der Waals surface area contributed by atoms with Gasteiger partial charge in [0.1, 0.15) is 0 Å². The van der Waals surface area contributed by atoms with Crippen LogP contribution in [-0.2, 0) is 0 Å². The number of nitrogens with two attached hydrogens (primary N) is 1. The predicted octanol–water partition coefficient (Wildman–Crippen LogP) is 3.21. The first-order chi connectivity index (χ1) is 6.02. The monoisotopic (exact) mass is 241 g/mol. The highest BCUT2D eigenvalue weighted by Gasteiger charge is 2.10. The van der Waals surface area contributed by atoms with Gasteiger partial charge in [-0.2, -0.15) is 0 Å². The van der Waals surface area contributed by atoms with Crippen LogP contribution in [0.25, 0.3) is 0 Å². The lowest BCUT2D eigenvalue weighted by atomic mass is 9.94. The molecule has 1 rings (SSSR count). The van der Waals surface area contributed by atoms with Crippen molar-refractivity contribution in [2.75, 3.05) is 0 Å². The Balaban J connectivity index is 2.97. The van der Waals surface area contributed by atoms with E-state index in [1.165, 1.54) is 11.1 Å². The van der Waals surface area contributed by atoms with Crippen molar-refractivity contribution in [3.8, 4) is 0 Å². The van der Waals surface area contributed by atoms with Crippen molar-refractivity contribution in [1.82, 2.24) is 0 Å². The first-order valence-corrected chi connectivity index (χ1v) is 5.33. The van der Waals surface area contributed by atoms with Crippen LogP contribution in [0.2, 0.25) is 0 Å². The second-order valence-corrected chi connectivity index (χ2v) is 4.51. The lowest BCUT2D eigenvalue weighted by molar-refractivity contribution is 0.613. The highest BCUT2D eigenvalue weighted by atomic mass is 79.9. The average molecular weight is 242 g/mol. The molecule has 0 saturated carbocycles. The minimum absolute atomic E-state index is 0.203. The van der Waals surface area contributed by atoms with E-state index in [2.05, 4.69) is 48.0 Å². The molecule has 72 valence electrons. The summed E-state index contributed by atoms with van der Waals surface area (Å²) >= 11 is 3.52. The predicted molar refractivity (Wildman–Crippen MR) is 60.9 cm³/mol. The molecule has 2 atom stereocenters. The van der Waals surface area contributed by atoms with E-state index < -0.39 is 0 Å². The molecule has 0 spiro atoms. The molecule has 0 aliphatic rings. The minimum atomic E-state index is 0.203. The maximum Gasteiger partial charge on any atom is 0.0207 e. The second kappa shape index (κ2) is 4.25. The molecule has 2 unspecified atom stereocenters. The normalized spacial score (nSPS) is 15.5. The Bertz CT molecular complexity index is 294. The molecular weight excluding hydrogens is 226 g/mol. The molecule has 2 heteroatoms. The van der Waals surface area contributed by atoms with Crippen LogP contribution in [0.4, 0.5) is 0 Å². The van der Waals surface area contributed by atoms with Crippen molar-refractivity contribution in [2.45, 2.75) is 32.7 Å². The van der Waals surface area contributed by atoms with E-state index in [0.29, 0.717) is 5.92 Å². The maximum absolute atomic E-state index is 5.84. The van der Waals surface area contributed by atoms with Crippen LogP contribution in [-0.4, -0.2) is 6.04 Å². The van der Waals surface area contributed by atoms with Crippen LogP contribution < -0.4 is 5.73 Å². The summed E-state index contributed by atoms with van der Waals surface area (Å²) in [7, 11) is 0. The first kappa shape index (κ1) is 10.7. The number of halogens is 1. The topological polar surface area (TPSA) is 26.0 Å². The molecule has 1 aromatic rings. The molecule has 0 bridgehead atoms. The molecule has 0 saturated heterocycles. The minimum Gasteiger partial charge on any atom is -0.327 e. The van der Waals surface area contributed by atoms with Crippen molar-refractivity contribution in [3.63, 3.8) is 0 Å². The molecule has 2 N–H and O–H groups in total. The quantitative estimate of drug-likeness (QED) is 0.846. The Labute approximate surface area is 88.5 Å². The van der Waals surface area contributed by atoms with E-state index in [-0.39, 0.29) is 6.04 Å². The largest absolute Gasteiger partial charge is 0.327 e. The van der Waals surface area contributed by atoms with Gasteiger partial charge >= 0.3 is 0 Å². The van der Waals surface area contributed by atoms with E-state index in [1.807, 2.05) is 6.92 Å². The fraction of sp³-hybridized carbons (Fsp3) is 0.455. The molecule has 0 heterocycles. The summed E-state index contributed by atoms with van der Waals surface area (Å²) in [5, 5.41) is 0. The Morgan fingerprint density at radius 2 is 1.92 bits per heavy atom. The third-order valence-corrected chi connectivity index (χ3v) is 3.36. The maximum atomic E-state index is 5.84. The summed E-state index contributed by atoms with van der Waals surface area (Å²) < 4.78 is 1.16. The number of aryl methyl sites for hydroxylation is 1. The zero-order valence-corrected chi connectivity index (χ0v) is 9.93. The van der Waals surface area contributed by atoms with E-state index in [1.54, 1.807) is 0 Å². The van der Waals surface area contributed by atoms with Crippen LogP contribution in [0, 0.1) is 6.92 Å². The van der Waals surface area contributed by atoms with E-state index in [4.69, 9.17) is 5.73 Å². The van der Waals surface area contributed by atoms with Gasteiger partial charge in [0.2, 0.25) is 0 Å². The van der Waals surface area contributed by atoms with Crippen LogP contribution >= 0.6 is 15.9 Å². The summed E-state index contributed by atoms with van der Waals surface area (Å²) in [6.45, 7) is 6.28. The average Bonchev–Trinajstić information content (AvgIpc) is 2.08. The molecule has 1 nitrogen and oxygen atoms in total. The Morgan fingerprint density at radius 3 is 2.38 bits per heavy atom. The lowest BCUT2D eigenvalue weighted by Crippen LogP contribution is -2.22. The summed E-state index contributed by atoms with van der Waals surface area (Å²) in [4.78, 5) is 0. The van der Waals surface area contributed by atoms with Crippen molar-refractivity contribution >= 4 is 15.9 Å². The van der Waals surface area contributed by atoms with Gasteiger partial charge in [-0.3, -0.25) is 0 Å². The summed E-state index contributed by atoms with van der Waals surface area (Å²) in [5.74, 6) is 0.414. The molecule has 0 amide bonds. The van der Waals surface area contributed by atoms with Gasteiger partial charge in [0, 0.05) is 10.5 Å². The number of hydrogen-bond acceptors (Lipinski definition) is 1. The van der Waals surface area contributed by atoms with Crippen molar-refractivity contribution in [2.24, 2.45) is 5.73 Å². The van der Waals surface area contributed by atoms with Gasteiger partial charge in [0.05, 0.1) is 0 Å². The third-order valence-electron chi connectivity index (χ3n) is 2.51. The molecule has 13 heavy (non-hydrogen) atoms. The molecule has 0 radical (unpaired) electrons. The SMILES string of the molecule is Cc1ccc(C(C)C(C)N)cc1Br. The molecular formula is C11H16BrN. The molecule has 0 fully saturated rings. The Kier molecular flexibility index (Phi) is 3.51. The third kappa shape index (κ3) is 2.55. The fourth-order valence-electron chi connectivity index (χ4n) is 1.20. The van der Waals surface area contributed by atoms with Crippen LogP contribution in [0.1, 0.15) is 30.9 Å². The van der Waals surface area contributed by atoms with E-state index >= 15 is 0 Å².